The van der Waals surface area contributed by atoms with Gasteiger partial charge in [-0.3, -0.25) is 9.89 Å². The summed E-state index contributed by atoms with van der Waals surface area (Å²) in [6.45, 7) is 1.48. The molecule has 0 spiro atoms. The van der Waals surface area contributed by atoms with Crippen molar-refractivity contribution in [1.29, 1.82) is 0 Å². The molecule has 1 amide bonds. The zero-order valence-corrected chi connectivity index (χ0v) is 9.38. The van der Waals surface area contributed by atoms with Crippen molar-refractivity contribution < 1.29 is 4.79 Å². The van der Waals surface area contributed by atoms with E-state index in [1.807, 2.05) is 12.3 Å². The first-order valence-corrected chi connectivity index (χ1v) is 5.69. The molecule has 0 aliphatic carbocycles. The topological polar surface area (TPSA) is 83.8 Å². The molecule has 0 radical (unpaired) electrons. The van der Waals surface area contributed by atoms with Crippen molar-refractivity contribution in [1.82, 2.24) is 15.5 Å². The van der Waals surface area contributed by atoms with Gasteiger partial charge in [0, 0.05) is 35.1 Å². The molecule has 6 heteroatoms. The average molecular weight is 236 g/mol. The third kappa shape index (κ3) is 2.68. The Hall–Kier alpha value is -1.66. The Labute approximate surface area is 96.7 Å². The Bertz CT molecular complexity index is 463. The van der Waals surface area contributed by atoms with E-state index in [0.717, 1.165) is 23.5 Å². The molecule has 0 atom stereocenters. The highest BCUT2D eigenvalue weighted by Crippen LogP contribution is 2.13. The normalized spacial score (nSPS) is 10.5. The summed E-state index contributed by atoms with van der Waals surface area (Å²) in [7, 11) is 0. The first-order chi connectivity index (χ1) is 7.75. The second-order valence-corrected chi connectivity index (χ2v) is 4.37. The zero-order chi connectivity index (χ0) is 11.4. The Kier molecular flexibility index (Phi) is 3.33. The molecule has 84 valence electrons. The molecule has 0 bridgehead atoms. The van der Waals surface area contributed by atoms with Crippen molar-refractivity contribution in [3.63, 3.8) is 0 Å². The fraction of sp³-hybridized carbons (Fsp3) is 0.200. The van der Waals surface area contributed by atoms with Gasteiger partial charge in [0.05, 0.1) is 11.8 Å². The van der Waals surface area contributed by atoms with E-state index in [1.54, 1.807) is 11.6 Å². The van der Waals surface area contributed by atoms with Gasteiger partial charge in [-0.05, 0) is 6.07 Å². The number of nitrogens with zero attached hydrogens (tertiary/aromatic N) is 1. The molecule has 0 aliphatic heterocycles. The molecule has 2 aromatic heterocycles. The monoisotopic (exact) mass is 236 g/mol. The highest BCUT2D eigenvalue weighted by molar-refractivity contribution is 7.10. The van der Waals surface area contributed by atoms with Crippen LogP contribution in [0.15, 0.2) is 23.8 Å². The van der Waals surface area contributed by atoms with Crippen LogP contribution >= 0.6 is 11.3 Å². The first kappa shape index (κ1) is 10.8. The van der Waals surface area contributed by atoms with Crippen LogP contribution in [-0.4, -0.2) is 16.1 Å². The number of aromatic nitrogens is 2. The molecular weight excluding hydrogens is 224 g/mol. The summed E-state index contributed by atoms with van der Waals surface area (Å²) in [5, 5.41) is 11.6. The van der Waals surface area contributed by atoms with Crippen LogP contribution in [0.2, 0.25) is 0 Å². The van der Waals surface area contributed by atoms with Crippen molar-refractivity contribution in [2.45, 2.75) is 13.1 Å². The van der Waals surface area contributed by atoms with Crippen LogP contribution in [0.5, 0.6) is 0 Å². The van der Waals surface area contributed by atoms with E-state index in [1.165, 1.54) is 11.3 Å². The molecule has 0 saturated carbocycles. The third-order valence-electron chi connectivity index (χ3n) is 2.12. The first-order valence-electron chi connectivity index (χ1n) is 4.81. The molecule has 0 aliphatic rings. The van der Waals surface area contributed by atoms with Gasteiger partial charge in [-0.2, -0.15) is 5.10 Å². The van der Waals surface area contributed by atoms with Crippen molar-refractivity contribution in [3.8, 4) is 0 Å². The number of nitrogens with one attached hydrogen (secondary N) is 2. The van der Waals surface area contributed by atoms with Gasteiger partial charge in [0.25, 0.3) is 0 Å². The molecule has 2 rings (SSSR count). The third-order valence-corrected chi connectivity index (χ3v) is 3.06. The molecule has 0 saturated heterocycles. The number of carbonyl (C=O) groups excluding carboxylic acids is 1. The van der Waals surface area contributed by atoms with Crippen LogP contribution in [0.3, 0.4) is 0 Å². The van der Waals surface area contributed by atoms with Gasteiger partial charge < -0.3 is 11.1 Å². The summed E-state index contributed by atoms with van der Waals surface area (Å²) >= 11 is 1.53. The van der Waals surface area contributed by atoms with Gasteiger partial charge in [0.15, 0.2) is 0 Å². The fourth-order valence-corrected chi connectivity index (χ4v) is 2.15. The molecular formula is C10H12N4OS. The standard InChI is InChI=1S/C10H12N4OS/c11-10(15)8-1-9(16-6-8)5-12-2-7-3-13-14-4-7/h1,3-4,6,12H,2,5H2,(H2,11,15)(H,13,14). The van der Waals surface area contributed by atoms with Crippen LogP contribution in [-0.2, 0) is 13.1 Å². The number of rotatable bonds is 5. The minimum Gasteiger partial charge on any atom is -0.366 e. The Balaban J connectivity index is 1.83. The Morgan fingerprint density at radius 3 is 3.06 bits per heavy atom. The quantitative estimate of drug-likeness (QED) is 0.720. The van der Waals surface area contributed by atoms with E-state index in [2.05, 4.69) is 15.5 Å². The molecule has 2 aromatic rings. The molecule has 16 heavy (non-hydrogen) atoms. The van der Waals surface area contributed by atoms with Crippen molar-refractivity contribution >= 4 is 17.2 Å². The molecule has 2 heterocycles. The number of hydrogen-bond acceptors (Lipinski definition) is 4. The Morgan fingerprint density at radius 2 is 2.44 bits per heavy atom. The summed E-state index contributed by atoms with van der Waals surface area (Å²) in [6, 6.07) is 1.81. The summed E-state index contributed by atoms with van der Waals surface area (Å²) in [6.07, 6.45) is 3.62. The molecule has 0 fully saturated rings. The number of thiophene rings is 1. The largest absolute Gasteiger partial charge is 0.366 e. The smallest absolute Gasteiger partial charge is 0.249 e. The predicted octanol–water partition coefficient (Wildman–Crippen LogP) is 0.860. The second kappa shape index (κ2) is 4.91. The number of nitrogens with two attached hydrogens (primary N) is 1. The number of aromatic amines is 1. The minimum atomic E-state index is -0.377. The van der Waals surface area contributed by atoms with Crippen LogP contribution in [0.4, 0.5) is 0 Å². The molecule has 0 unspecified atom stereocenters. The van der Waals surface area contributed by atoms with Crippen LogP contribution in [0.25, 0.3) is 0 Å². The Morgan fingerprint density at radius 1 is 1.56 bits per heavy atom. The second-order valence-electron chi connectivity index (χ2n) is 3.38. The lowest BCUT2D eigenvalue weighted by molar-refractivity contribution is 0.100. The number of hydrogen-bond donors (Lipinski definition) is 3. The van der Waals surface area contributed by atoms with Crippen molar-refractivity contribution in [2.75, 3.05) is 0 Å². The lowest BCUT2D eigenvalue weighted by Gasteiger charge is -1.99. The molecule has 0 aromatic carbocycles. The van der Waals surface area contributed by atoms with E-state index in [0.29, 0.717) is 5.56 Å². The summed E-state index contributed by atoms with van der Waals surface area (Å²) in [5.74, 6) is -0.377. The van der Waals surface area contributed by atoms with Gasteiger partial charge in [-0.1, -0.05) is 0 Å². The number of amides is 1. The maximum Gasteiger partial charge on any atom is 0.249 e. The lowest BCUT2D eigenvalue weighted by Crippen LogP contribution is -2.12. The van der Waals surface area contributed by atoms with Crippen molar-refractivity contribution in [2.24, 2.45) is 5.73 Å². The fourth-order valence-electron chi connectivity index (χ4n) is 1.31. The highest BCUT2D eigenvalue weighted by Gasteiger charge is 2.04. The van der Waals surface area contributed by atoms with E-state index >= 15 is 0 Å². The van der Waals surface area contributed by atoms with Crippen molar-refractivity contribution in [3.05, 3.63) is 39.8 Å². The summed E-state index contributed by atoms with van der Waals surface area (Å²) in [4.78, 5) is 12.0. The zero-order valence-electron chi connectivity index (χ0n) is 8.56. The number of H-pyrrole nitrogens is 1. The van der Waals surface area contributed by atoms with Gasteiger partial charge in [0.2, 0.25) is 5.91 Å². The van der Waals surface area contributed by atoms with Crippen LogP contribution in [0, 0.1) is 0 Å². The van der Waals surface area contributed by atoms with E-state index in [-0.39, 0.29) is 5.91 Å². The summed E-state index contributed by atoms with van der Waals surface area (Å²) < 4.78 is 0. The number of carbonyl (C=O) groups is 1. The van der Waals surface area contributed by atoms with Gasteiger partial charge in [-0.25, -0.2) is 0 Å². The SMILES string of the molecule is NC(=O)c1csc(CNCc2cn[nH]c2)c1. The summed E-state index contributed by atoms with van der Waals surface area (Å²) in [5.41, 5.74) is 6.85. The highest BCUT2D eigenvalue weighted by atomic mass is 32.1. The average Bonchev–Trinajstić information content (AvgIpc) is 2.87. The minimum absolute atomic E-state index is 0.377. The van der Waals surface area contributed by atoms with Gasteiger partial charge in [0.1, 0.15) is 0 Å². The maximum atomic E-state index is 10.9. The molecule has 4 N–H and O–H groups in total. The number of primary amides is 1. The van der Waals surface area contributed by atoms with E-state index in [4.69, 9.17) is 5.73 Å². The lowest BCUT2D eigenvalue weighted by atomic mass is 10.3. The maximum absolute atomic E-state index is 10.9. The van der Waals surface area contributed by atoms with E-state index in [9.17, 15) is 4.79 Å². The van der Waals surface area contributed by atoms with Gasteiger partial charge in [-0.15, -0.1) is 11.3 Å². The van der Waals surface area contributed by atoms with E-state index < -0.39 is 0 Å². The van der Waals surface area contributed by atoms with Crippen LogP contribution in [0.1, 0.15) is 20.8 Å². The van der Waals surface area contributed by atoms with Crippen LogP contribution < -0.4 is 11.1 Å². The van der Waals surface area contributed by atoms with Gasteiger partial charge >= 0.3 is 0 Å². The molecule has 5 nitrogen and oxygen atoms in total. The predicted molar refractivity (Wildman–Crippen MR) is 62.0 cm³/mol.